The van der Waals surface area contributed by atoms with Crippen LogP contribution in [0.1, 0.15) is 38.5 Å². The van der Waals surface area contributed by atoms with E-state index in [0.29, 0.717) is 5.82 Å². The van der Waals surface area contributed by atoms with E-state index in [4.69, 9.17) is 5.73 Å². The Balaban J connectivity index is 3.03. The number of aryl methyl sites for hydroxylation is 2. The first-order chi connectivity index (χ1) is 7.27. The first-order valence-corrected chi connectivity index (χ1v) is 5.53. The molecule has 3 N–H and O–H groups in total. The Morgan fingerprint density at radius 2 is 1.94 bits per heavy atom. The third-order valence-corrected chi connectivity index (χ3v) is 2.82. The van der Waals surface area contributed by atoms with Crippen LogP contribution in [0.25, 0.3) is 0 Å². The maximum absolute atomic E-state index is 9.48. The third-order valence-electron chi connectivity index (χ3n) is 2.82. The van der Waals surface area contributed by atoms with E-state index in [1.165, 1.54) is 0 Å². The van der Waals surface area contributed by atoms with E-state index >= 15 is 0 Å². The van der Waals surface area contributed by atoms with Gasteiger partial charge in [0.05, 0.1) is 12.6 Å². The fraction of sp³-hybridized carbons (Fsp3) is 0.818. The predicted molar refractivity (Wildman–Crippen MR) is 63.0 cm³/mol. The number of rotatable bonds is 3. The summed E-state index contributed by atoms with van der Waals surface area (Å²) in [5, 5.41) is 13.8. The van der Waals surface area contributed by atoms with E-state index in [-0.39, 0.29) is 24.1 Å². The van der Waals surface area contributed by atoms with Gasteiger partial charge in [-0.25, -0.2) is 9.67 Å². The lowest BCUT2D eigenvalue weighted by Crippen LogP contribution is -2.45. The molecule has 0 aliphatic carbocycles. The largest absolute Gasteiger partial charge is 0.394 e. The SMILES string of the molecule is Cc1nc(C)n(C(CO)C(N)C(C)(C)C)n1. The molecule has 0 amide bonds. The molecule has 1 rings (SSSR count). The zero-order valence-electron chi connectivity index (χ0n) is 10.7. The van der Waals surface area contributed by atoms with Crippen molar-refractivity contribution in [2.75, 3.05) is 6.61 Å². The van der Waals surface area contributed by atoms with Crippen molar-refractivity contribution in [3.8, 4) is 0 Å². The minimum absolute atomic E-state index is 0.0257. The molecule has 2 unspecified atom stereocenters. The Hall–Kier alpha value is -0.940. The summed E-state index contributed by atoms with van der Waals surface area (Å²) in [6.45, 7) is 9.85. The lowest BCUT2D eigenvalue weighted by Gasteiger charge is -2.33. The molecule has 0 saturated heterocycles. The van der Waals surface area contributed by atoms with Gasteiger partial charge in [0.25, 0.3) is 0 Å². The summed E-state index contributed by atoms with van der Waals surface area (Å²) in [7, 11) is 0. The third kappa shape index (κ3) is 2.59. The van der Waals surface area contributed by atoms with E-state index < -0.39 is 0 Å². The summed E-state index contributed by atoms with van der Waals surface area (Å²) in [6.07, 6.45) is 0. The van der Waals surface area contributed by atoms with Gasteiger partial charge in [0.15, 0.2) is 0 Å². The molecule has 0 fully saturated rings. The summed E-state index contributed by atoms with van der Waals surface area (Å²) >= 11 is 0. The second-order valence-electron chi connectivity index (χ2n) is 5.29. The van der Waals surface area contributed by atoms with Crippen LogP contribution in [0, 0.1) is 19.3 Å². The van der Waals surface area contributed by atoms with Crippen LogP contribution in [0.3, 0.4) is 0 Å². The zero-order valence-corrected chi connectivity index (χ0v) is 10.7. The number of aliphatic hydroxyl groups is 1. The van der Waals surface area contributed by atoms with E-state index in [1.54, 1.807) is 4.68 Å². The van der Waals surface area contributed by atoms with Gasteiger partial charge >= 0.3 is 0 Å². The molecule has 1 aromatic rings. The number of hydrogen-bond acceptors (Lipinski definition) is 4. The van der Waals surface area contributed by atoms with Crippen molar-refractivity contribution in [1.82, 2.24) is 14.8 Å². The molecular formula is C11H22N4O. The summed E-state index contributed by atoms with van der Waals surface area (Å²) in [5.41, 5.74) is 6.08. The zero-order chi connectivity index (χ0) is 12.5. The summed E-state index contributed by atoms with van der Waals surface area (Å²) in [6, 6.07) is -0.390. The van der Waals surface area contributed by atoms with Crippen molar-refractivity contribution in [2.24, 2.45) is 11.1 Å². The van der Waals surface area contributed by atoms with Crippen molar-refractivity contribution < 1.29 is 5.11 Å². The topological polar surface area (TPSA) is 77.0 Å². The molecule has 0 aliphatic rings. The molecule has 1 heterocycles. The number of nitrogens with zero attached hydrogens (tertiary/aromatic N) is 3. The second-order valence-corrected chi connectivity index (χ2v) is 5.29. The first-order valence-electron chi connectivity index (χ1n) is 5.53. The average molecular weight is 226 g/mol. The first kappa shape index (κ1) is 13.1. The molecule has 2 atom stereocenters. The lowest BCUT2D eigenvalue weighted by atomic mass is 9.83. The molecule has 92 valence electrons. The van der Waals surface area contributed by atoms with Gasteiger partial charge in [0.2, 0.25) is 0 Å². The molecule has 5 heteroatoms. The van der Waals surface area contributed by atoms with Crippen molar-refractivity contribution in [1.29, 1.82) is 0 Å². The maximum Gasteiger partial charge on any atom is 0.147 e. The molecule has 0 spiro atoms. The van der Waals surface area contributed by atoms with Gasteiger partial charge in [-0.1, -0.05) is 20.8 Å². The van der Waals surface area contributed by atoms with Gasteiger partial charge in [0, 0.05) is 6.04 Å². The van der Waals surface area contributed by atoms with Crippen LogP contribution in [0.2, 0.25) is 0 Å². The summed E-state index contributed by atoms with van der Waals surface area (Å²) in [4.78, 5) is 4.23. The normalized spacial score (nSPS) is 16.2. The Morgan fingerprint density at radius 1 is 1.38 bits per heavy atom. The minimum atomic E-state index is -0.221. The van der Waals surface area contributed by atoms with Crippen LogP contribution >= 0.6 is 0 Å². The average Bonchev–Trinajstić information content (AvgIpc) is 2.45. The van der Waals surface area contributed by atoms with Gasteiger partial charge in [0.1, 0.15) is 11.6 Å². The molecule has 0 saturated carbocycles. The molecule has 0 radical (unpaired) electrons. The number of hydrogen-bond donors (Lipinski definition) is 2. The van der Waals surface area contributed by atoms with Crippen LogP contribution in [0.5, 0.6) is 0 Å². The Morgan fingerprint density at radius 3 is 2.25 bits per heavy atom. The highest BCUT2D eigenvalue weighted by atomic mass is 16.3. The van der Waals surface area contributed by atoms with Gasteiger partial charge in [-0.2, -0.15) is 5.10 Å². The number of nitrogens with two attached hydrogens (primary N) is 1. The van der Waals surface area contributed by atoms with E-state index in [1.807, 2.05) is 13.8 Å². The lowest BCUT2D eigenvalue weighted by molar-refractivity contribution is 0.143. The van der Waals surface area contributed by atoms with Crippen molar-refractivity contribution in [3.63, 3.8) is 0 Å². The fourth-order valence-corrected chi connectivity index (χ4v) is 1.77. The van der Waals surface area contributed by atoms with Crippen LogP contribution < -0.4 is 5.73 Å². The fourth-order valence-electron chi connectivity index (χ4n) is 1.77. The highest BCUT2D eigenvalue weighted by Crippen LogP contribution is 2.26. The minimum Gasteiger partial charge on any atom is -0.394 e. The standard InChI is InChI=1S/C11H22N4O/c1-7-13-8(2)15(14-7)9(6-16)10(12)11(3,4)5/h9-10,16H,6,12H2,1-5H3. The quantitative estimate of drug-likeness (QED) is 0.799. The van der Waals surface area contributed by atoms with Crippen LogP contribution in [0.4, 0.5) is 0 Å². The van der Waals surface area contributed by atoms with Gasteiger partial charge in [-0.05, 0) is 19.3 Å². The maximum atomic E-state index is 9.48. The van der Waals surface area contributed by atoms with Crippen molar-refractivity contribution in [2.45, 2.75) is 46.7 Å². The highest BCUT2D eigenvalue weighted by Gasteiger charge is 2.31. The highest BCUT2D eigenvalue weighted by molar-refractivity contribution is 4.95. The molecule has 16 heavy (non-hydrogen) atoms. The Bertz CT molecular complexity index is 353. The molecule has 1 aromatic heterocycles. The Labute approximate surface area is 96.7 Å². The van der Waals surface area contributed by atoms with Gasteiger partial charge in [-0.3, -0.25) is 0 Å². The molecule has 0 bridgehead atoms. The monoisotopic (exact) mass is 226 g/mol. The number of aromatic nitrogens is 3. The van der Waals surface area contributed by atoms with Crippen LogP contribution in [-0.2, 0) is 0 Å². The molecular weight excluding hydrogens is 204 g/mol. The number of aliphatic hydroxyl groups excluding tert-OH is 1. The Kier molecular flexibility index (Phi) is 3.70. The molecule has 0 aliphatic heterocycles. The van der Waals surface area contributed by atoms with Gasteiger partial charge in [-0.15, -0.1) is 0 Å². The summed E-state index contributed by atoms with van der Waals surface area (Å²) < 4.78 is 1.73. The second kappa shape index (κ2) is 4.51. The van der Waals surface area contributed by atoms with E-state index in [2.05, 4.69) is 30.9 Å². The van der Waals surface area contributed by atoms with Crippen molar-refractivity contribution in [3.05, 3.63) is 11.6 Å². The van der Waals surface area contributed by atoms with E-state index in [9.17, 15) is 5.11 Å². The van der Waals surface area contributed by atoms with Crippen LogP contribution in [0.15, 0.2) is 0 Å². The summed E-state index contributed by atoms with van der Waals surface area (Å²) in [5.74, 6) is 1.49. The van der Waals surface area contributed by atoms with E-state index in [0.717, 1.165) is 5.82 Å². The molecule has 5 nitrogen and oxygen atoms in total. The molecule has 0 aromatic carbocycles. The predicted octanol–water partition coefficient (Wildman–Crippen LogP) is 0.802. The van der Waals surface area contributed by atoms with Crippen molar-refractivity contribution >= 4 is 0 Å². The smallest absolute Gasteiger partial charge is 0.147 e. The van der Waals surface area contributed by atoms with Crippen LogP contribution in [-0.4, -0.2) is 32.5 Å². The van der Waals surface area contributed by atoms with Gasteiger partial charge < -0.3 is 10.8 Å².